The highest BCUT2D eigenvalue weighted by molar-refractivity contribution is 7.20. The number of nitrogens with two attached hydrogens (primary N) is 1. The fourth-order valence-corrected chi connectivity index (χ4v) is 5.94. The van der Waals surface area contributed by atoms with Gasteiger partial charge in [0.25, 0.3) is 5.19 Å². The number of nitrogens with one attached hydrogen (secondary N) is 1. The fourth-order valence-electron chi connectivity index (χ4n) is 5.14. The van der Waals surface area contributed by atoms with Crippen LogP contribution in [0, 0.1) is 0 Å². The van der Waals surface area contributed by atoms with Gasteiger partial charge in [-0.25, -0.2) is 9.78 Å². The summed E-state index contributed by atoms with van der Waals surface area (Å²) in [5.41, 5.74) is 6.86. The number of primary amides is 1. The van der Waals surface area contributed by atoms with Gasteiger partial charge in [-0.15, -0.1) is 0 Å². The number of hydrogen-bond donors (Lipinski definition) is 2. The van der Waals surface area contributed by atoms with E-state index in [1.807, 2.05) is 30.3 Å². The molecule has 2 amide bonds. The van der Waals surface area contributed by atoms with E-state index in [2.05, 4.69) is 26.3 Å². The van der Waals surface area contributed by atoms with Gasteiger partial charge in [0, 0.05) is 29.7 Å². The first kappa shape index (κ1) is 19.5. The molecule has 6 rings (SSSR count). The molecule has 164 valence electrons. The second kappa shape index (κ2) is 7.75. The number of thiazole rings is 1. The molecule has 4 aromatic rings. The van der Waals surface area contributed by atoms with Gasteiger partial charge in [-0.05, 0) is 62.1 Å². The second-order valence-electron chi connectivity index (χ2n) is 8.55. The van der Waals surface area contributed by atoms with Gasteiger partial charge in [0.15, 0.2) is 5.65 Å². The highest BCUT2D eigenvalue weighted by Crippen LogP contribution is 2.38. The Kier molecular flexibility index (Phi) is 4.73. The number of carbonyl (C=O) groups is 1. The molecule has 3 aromatic heterocycles. The molecule has 2 bridgehead atoms. The zero-order valence-electron chi connectivity index (χ0n) is 17.4. The van der Waals surface area contributed by atoms with E-state index in [4.69, 9.17) is 14.9 Å². The number of carbonyl (C=O) groups excluding carboxylic acids is 1. The largest absolute Gasteiger partial charge is 0.460 e. The van der Waals surface area contributed by atoms with Crippen LogP contribution in [0.15, 0.2) is 47.0 Å². The Labute approximate surface area is 188 Å². The zero-order valence-corrected chi connectivity index (χ0v) is 18.2. The first-order chi connectivity index (χ1) is 15.6. The second-order valence-corrected chi connectivity index (χ2v) is 9.55. The van der Waals surface area contributed by atoms with Crippen LogP contribution in [0.3, 0.4) is 0 Å². The number of nitrogens with zero attached hydrogens (tertiary/aromatic N) is 3. The highest BCUT2D eigenvalue weighted by atomic mass is 32.1. The molecule has 3 atom stereocenters. The first-order valence-corrected chi connectivity index (χ1v) is 11.7. The lowest BCUT2D eigenvalue weighted by Gasteiger charge is -2.38. The summed E-state index contributed by atoms with van der Waals surface area (Å²) in [4.78, 5) is 22.4. The predicted octanol–water partition coefficient (Wildman–Crippen LogP) is 4.39. The number of pyridine rings is 1. The molecule has 2 fully saturated rings. The molecule has 0 aliphatic carbocycles. The van der Waals surface area contributed by atoms with E-state index in [-0.39, 0.29) is 6.04 Å². The number of rotatable bonds is 5. The van der Waals surface area contributed by atoms with Crippen molar-refractivity contribution < 1.29 is 13.9 Å². The molecule has 9 heteroatoms. The van der Waals surface area contributed by atoms with Gasteiger partial charge in [-0.2, -0.15) is 4.98 Å². The van der Waals surface area contributed by atoms with Gasteiger partial charge in [0.05, 0.1) is 11.2 Å². The van der Waals surface area contributed by atoms with Crippen LogP contribution in [-0.4, -0.2) is 39.0 Å². The van der Waals surface area contributed by atoms with E-state index >= 15 is 0 Å². The van der Waals surface area contributed by atoms with Crippen LogP contribution < -0.4 is 15.8 Å². The molecule has 0 radical (unpaired) electrons. The predicted molar refractivity (Wildman–Crippen MR) is 122 cm³/mol. The Morgan fingerprint density at radius 1 is 1.25 bits per heavy atom. The number of hydrogen-bond acceptors (Lipinski definition) is 7. The highest BCUT2D eigenvalue weighted by Gasteiger charge is 2.41. The van der Waals surface area contributed by atoms with Crippen LogP contribution in [-0.2, 0) is 6.54 Å². The van der Waals surface area contributed by atoms with Gasteiger partial charge >= 0.3 is 6.03 Å². The van der Waals surface area contributed by atoms with E-state index in [1.165, 1.54) is 11.3 Å². The number of furan rings is 1. The normalized spacial score (nSPS) is 23.1. The number of amides is 2. The molecule has 32 heavy (non-hydrogen) atoms. The summed E-state index contributed by atoms with van der Waals surface area (Å²) in [5.74, 6) is 1.67. The van der Waals surface area contributed by atoms with Crippen molar-refractivity contribution in [3.8, 4) is 10.9 Å². The quantitative estimate of drug-likeness (QED) is 0.468. The van der Waals surface area contributed by atoms with E-state index in [9.17, 15) is 4.79 Å². The number of benzene rings is 1. The SMILES string of the molecule is NC(=O)N[C@H]1C[C@H]2CC[C@@H](C1)N2Cc1cc2cc(Oc3nc4ncccc4s3)ccc2o1. The maximum atomic E-state index is 11.2. The Morgan fingerprint density at radius 2 is 2.09 bits per heavy atom. The minimum Gasteiger partial charge on any atom is -0.460 e. The van der Waals surface area contributed by atoms with Crippen LogP contribution in [0.25, 0.3) is 21.3 Å². The van der Waals surface area contributed by atoms with Crippen molar-refractivity contribution in [3.63, 3.8) is 0 Å². The maximum Gasteiger partial charge on any atom is 0.312 e. The van der Waals surface area contributed by atoms with Crippen LogP contribution in [0.5, 0.6) is 10.9 Å². The number of piperidine rings is 1. The van der Waals surface area contributed by atoms with Crippen molar-refractivity contribution >= 4 is 38.7 Å². The Morgan fingerprint density at radius 3 is 2.88 bits per heavy atom. The molecule has 2 aliphatic rings. The molecule has 0 spiro atoms. The van der Waals surface area contributed by atoms with E-state index in [0.717, 1.165) is 59.4 Å². The summed E-state index contributed by atoms with van der Waals surface area (Å²) < 4.78 is 13.1. The molecule has 2 aliphatic heterocycles. The molecular formula is C23H23N5O3S. The number of aromatic nitrogens is 2. The zero-order chi connectivity index (χ0) is 21.7. The van der Waals surface area contributed by atoms with Crippen LogP contribution in [0.1, 0.15) is 31.4 Å². The van der Waals surface area contributed by atoms with Crippen molar-refractivity contribution in [2.45, 2.75) is 50.4 Å². The fraction of sp³-hybridized carbons (Fsp3) is 0.348. The molecular weight excluding hydrogens is 426 g/mol. The molecule has 3 N–H and O–H groups in total. The topological polar surface area (TPSA) is 107 Å². The first-order valence-electron chi connectivity index (χ1n) is 10.8. The number of ether oxygens (including phenoxy) is 1. The van der Waals surface area contributed by atoms with Gasteiger partial charge in [-0.3, -0.25) is 4.90 Å². The maximum absolute atomic E-state index is 11.2. The Balaban J connectivity index is 1.17. The van der Waals surface area contributed by atoms with E-state index in [0.29, 0.717) is 22.9 Å². The van der Waals surface area contributed by atoms with Crippen molar-refractivity contribution in [1.29, 1.82) is 0 Å². The summed E-state index contributed by atoms with van der Waals surface area (Å²) in [7, 11) is 0. The molecule has 0 unspecified atom stereocenters. The molecule has 2 saturated heterocycles. The summed E-state index contributed by atoms with van der Waals surface area (Å²) in [6.07, 6.45) is 5.91. The monoisotopic (exact) mass is 449 g/mol. The molecule has 8 nitrogen and oxygen atoms in total. The van der Waals surface area contributed by atoms with E-state index in [1.54, 1.807) is 6.20 Å². The smallest absolute Gasteiger partial charge is 0.312 e. The minimum absolute atomic E-state index is 0.175. The Hall–Kier alpha value is -3.17. The summed E-state index contributed by atoms with van der Waals surface area (Å²) in [6, 6.07) is 12.4. The lowest BCUT2D eigenvalue weighted by molar-refractivity contribution is 0.104. The van der Waals surface area contributed by atoms with Gasteiger partial charge in [0.1, 0.15) is 17.1 Å². The third-order valence-electron chi connectivity index (χ3n) is 6.46. The average molecular weight is 450 g/mol. The molecule has 1 aromatic carbocycles. The minimum atomic E-state index is -0.430. The third kappa shape index (κ3) is 3.67. The van der Waals surface area contributed by atoms with Gasteiger partial charge < -0.3 is 20.2 Å². The van der Waals surface area contributed by atoms with E-state index < -0.39 is 6.03 Å². The van der Waals surface area contributed by atoms with Gasteiger partial charge in [0.2, 0.25) is 0 Å². The van der Waals surface area contributed by atoms with Crippen molar-refractivity contribution in [2.24, 2.45) is 5.73 Å². The molecule has 0 saturated carbocycles. The summed E-state index contributed by atoms with van der Waals surface area (Å²) in [6.45, 7) is 0.771. The lowest BCUT2D eigenvalue weighted by Crippen LogP contribution is -2.50. The van der Waals surface area contributed by atoms with Crippen molar-refractivity contribution in [1.82, 2.24) is 20.2 Å². The summed E-state index contributed by atoms with van der Waals surface area (Å²) in [5, 5.41) is 4.47. The third-order valence-corrected chi connectivity index (χ3v) is 7.35. The standard InChI is InChI=1S/C23H23N5O3S/c24-22(29)26-14-10-15-3-4-16(11-14)28(15)12-18-9-13-8-17(5-6-19(13)30-18)31-23-27-21-20(32-23)2-1-7-25-21/h1-2,5-9,14-16H,3-4,10-12H2,(H3,24,26,29)/t14-,15+,16-. The van der Waals surface area contributed by atoms with Crippen LogP contribution in [0.2, 0.25) is 0 Å². The lowest BCUT2D eigenvalue weighted by atomic mass is 9.97. The van der Waals surface area contributed by atoms with Crippen molar-refractivity contribution in [2.75, 3.05) is 0 Å². The average Bonchev–Trinajstić information content (AvgIpc) is 3.41. The summed E-state index contributed by atoms with van der Waals surface area (Å²) >= 11 is 1.48. The number of fused-ring (bicyclic) bond motifs is 4. The van der Waals surface area contributed by atoms with Gasteiger partial charge in [-0.1, -0.05) is 11.3 Å². The number of urea groups is 1. The Bertz CT molecular complexity index is 1250. The van der Waals surface area contributed by atoms with Crippen LogP contribution >= 0.6 is 11.3 Å². The van der Waals surface area contributed by atoms with Crippen LogP contribution in [0.4, 0.5) is 4.79 Å². The molecule has 5 heterocycles. The van der Waals surface area contributed by atoms with Crippen molar-refractivity contribution in [3.05, 3.63) is 48.4 Å².